The Kier molecular flexibility index (Phi) is 4.64. The van der Waals surface area contributed by atoms with Gasteiger partial charge in [0.1, 0.15) is 0 Å². The van der Waals surface area contributed by atoms with E-state index in [1.807, 2.05) is 6.21 Å². The smallest absolute Gasteiger partial charge is 0.0568 e. The number of hydrogen-bond acceptors (Lipinski definition) is 2. The normalized spacial score (nSPS) is 17.0. The number of nitrogens with zero attached hydrogens (tertiary/aromatic N) is 1. The van der Waals surface area contributed by atoms with Crippen molar-refractivity contribution in [2.75, 3.05) is 5.43 Å². The minimum absolute atomic E-state index is 0.452. The Morgan fingerprint density at radius 1 is 0.889 bits per heavy atom. The standard InChI is InChI=1S/C25H24N2/c1-17-14-18(2)25(19(17)3)24-11-7-6-10-22(24)16-26-27-23-13-12-20-8-4-5-9-21(20)15-23/h4-16,19,27H,1-3H3/b26-16+. The van der Waals surface area contributed by atoms with Crippen molar-refractivity contribution in [1.82, 2.24) is 0 Å². The molecule has 0 heterocycles. The Morgan fingerprint density at radius 2 is 1.63 bits per heavy atom. The van der Waals surface area contributed by atoms with Crippen LogP contribution in [-0.4, -0.2) is 6.21 Å². The average Bonchev–Trinajstić information content (AvgIpc) is 2.94. The largest absolute Gasteiger partial charge is 0.278 e. The summed E-state index contributed by atoms with van der Waals surface area (Å²) >= 11 is 0. The van der Waals surface area contributed by atoms with Gasteiger partial charge in [-0.1, -0.05) is 73.2 Å². The van der Waals surface area contributed by atoms with Crippen LogP contribution in [0.25, 0.3) is 16.3 Å². The lowest BCUT2D eigenvalue weighted by molar-refractivity contribution is 0.901. The maximum atomic E-state index is 4.51. The Balaban J connectivity index is 1.59. The average molecular weight is 352 g/mol. The molecule has 0 amide bonds. The van der Waals surface area contributed by atoms with Crippen LogP contribution in [0.1, 0.15) is 31.9 Å². The molecule has 3 aromatic carbocycles. The molecule has 1 N–H and O–H groups in total. The first kappa shape index (κ1) is 17.3. The summed E-state index contributed by atoms with van der Waals surface area (Å²) in [4.78, 5) is 0. The van der Waals surface area contributed by atoms with Gasteiger partial charge in [-0.25, -0.2) is 0 Å². The fraction of sp³-hybridized carbons (Fsp3) is 0.160. The predicted octanol–water partition coefficient (Wildman–Crippen LogP) is 6.66. The van der Waals surface area contributed by atoms with Crippen molar-refractivity contribution in [3.63, 3.8) is 0 Å². The van der Waals surface area contributed by atoms with Crippen molar-refractivity contribution < 1.29 is 0 Å². The number of allylic oxidation sites excluding steroid dienone is 4. The van der Waals surface area contributed by atoms with Gasteiger partial charge in [0, 0.05) is 11.5 Å². The van der Waals surface area contributed by atoms with Crippen LogP contribution in [0.5, 0.6) is 0 Å². The van der Waals surface area contributed by atoms with Crippen LogP contribution in [0, 0.1) is 5.92 Å². The van der Waals surface area contributed by atoms with Gasteiger partial charge >= 0.3 is 0 Å². The highest BCUT2D eigenvalue weighted by Crippen LogP contribution is 2.39. The first-order valence-electron chi connectivity index (χ1n) is 9.40. The van der Waals surface area contributed by atoms with E-state index in [-0.39, 0.29) is 0 Å². The first-order chi connectivity index (χ1) is 13.1. The molecule has 0 saturated carbocycles. The lowest BCUT2D eigenvalue weighted by Crippen LogP contribution is -2.01. The van der Waals surface area contributed by atoms with E-state index in [9.17, 15) is 0 Å². The molecule has 2 nitrogen and oxygen atoms in total. The van der Waals surface area contributed by atoms with Gasteiger partial charge in [-0.2, -0.15) is 5.10 Å². The third-order valence-corrected chi connectivity index (χ3v) is 5.38. The fourth-order valence-corrected chi connectivity index (χ4v) is 3.85. The van der Waals surface area contributed by atoms with Gasteiger partial charge in [-0.3, -0.25) is 5.43 Å². The molecule has 1 unspecified atom stereocenters. The molecule has 0 spiro atoms. The molecule has 1 aliphatic rings. The highest BCUT2D eigenvalue weighted by Gasteiger charge is 2.21. The molecular weight excluding hydrogens is 328 g/mol. The Morgan fingerprint density at radius 3 is 2.41 bits per heavy atom. The number of hydrazone groups is 1. The summed E-state index contributed by atoms with van der Waals surface area (Å²) in [5.74, 6) is 0.452. The lowest BCUT2D eigenvalue weighted by atomic mass is 9.89. The molecule has 0 fully saturated rings. The lowest BCUT2D eigenvalue weighted by Gasteiger charge is -2.15. The Labute approximate surface area is 160 Å². The zero-order valence-electron chi connectivity index (χ0n) is 16.0. The molecule has 0 aliphatic heterocycles. The summed E-state index contributed by atoms with van der Waals surface area (Å²) in [7, 11) is 0. The predicted molar refractivity (Wildman–Crippen MR) is 117 cm³/mol. The fourth-order valence-electron chi connectivity index (χ4n) is 3.85. The Hall–Kier alpha value is -3.13. The molecule has 27 heavy (non-hydrogen) atoms. The highest BCUT2D eigenvalue weighted by molar-refractivity contribution is 5.92. The van der Waals surface area contributed by atoms with Crippen molar-refractivity contribution in [1.29, 1.82) is 0 Å². The van der Waals surface area contributed by atoms with Crippen LogP contribution in [0.2, 0.25) is 0 Å². The van der Waals surface area contributed by atoms with Gasteiger partial charge < -0.3 is 0 Å². The van der Waals surface area contributed by atoms with Gasteiger partial charge in [-0.05, 0) is 53.5 Å². The van der Waals surface area contributed by atoms with E-state index < -0.39 is 0 Å². The van der Waals surface area contributed by atoms with Crippen LogP contribution >= 0.6 is 0 Å². The Bertz CT molecular complexity index is 1090. The van der Waals surface area contributed by atoms with Gasteiger partial charge in [0.05, 0.1) is 11.9 Å². The number of benzene rings is 3. The summed E-state index contributed by atoms with van der Waals surface area (Å²) in [5.41, 5.74) is 10.7. The monoisotopic (exact) mass is 352 g/mol. The third-order valence-electron chi connectivity index (χ3n) is 5.38. The molecule has 1 atom stereocenters. The molecule has 3 aromatic rings. The van der Waals surface area contributed by atoms with Gasteiger partial charge in [0.25, 0.3) is 0 Å². The van der Waals surface area contributed by atoms with E-state index in [0.29, 0.717) is 5.92 Å². The van der Waals surface area contributed by atoms with Crippen molar-refractivity contribution in [3.8, 4) is 0 Å². The molecule has 1 aliphatic carbocycles. The number of hydrogen-bond donors (Lipinski definition) is 1. The number of nitrogens with one attached hydrogen (secondary N) is 1. The summed E-state index contributed by atoms with van der Waals surface area (Å²) in [6.45, 7) is 6.68. The zero-order chi connectivity index (χ0) is 18.8. The van der Waals surface area contributed by atoms with Crippen LogP contribution in [-0.2, 0) is 0 Å². The van der Waals surface area contributed by atoms with E-state index in [1.54, 1.807) is 0 Å². The van der Waals surface area contributed by atoms with Crippen molar-refractivity contribution in [2.45, 2.75) is 20.8 Å². The maximum Gasteiger partial charge on any atom is 0.0568 e. The topological polar surface area (TPSA) is 24.4 Å². The molecule has 2 heteroatoms. The van der Waals surface area contributed by atoms with Crippen molar-refractivity contribution in [2.24, 2.45) is 11.0 Å². The van der Waals surface area contributed by atoms with Gasteiger partial charge in [-0.15, -0.1) is 0 Å². The minimum Gasteiger partial charge on any atom is -0.278 e. The molecule has 0 aromatic heterocycles. The summed E-state index contributed by atoms with van der Waals surface area (Å²) in [5, 5.41) is 6.95. The zero-order valence-corrected chi connectivity index (χ0v) is 16.0. The van der Waals surface area contributed by atoms with E-state index in [2.05, 4.69) is 104 Å². The first-order valence-corrected chi connectivity index (χ1v) is 9.40. The third kappa shape index (κ3) is 3.43. The van der Waals surface area contributed by atoms with Crippen LogP contribution in [0.3, 0.4) is 0 Å². The summed E-state index contributed by atoms with van der Waals surface area (Å²) in [6, 6.07) is 23.1. The van der Waals surface area contributed by atoms with E-state index >= 15 is 0 Å². The molecule has 0 radical (unpaired) electrons. The second-order valence-corrected chi connectivity index (χ2v) is 7.23. The molecule has 0 bridgehead atoms. The van der Waals surface area contributed by atoms with Crippen LogP contribution < -0.4 is 5.43 Å². The van der Waals surface area contributed by atoms with Crippen molar-refractivity contribution in [3.05, 3.63) is 95.1 Å². The molecule has 4 rings (SSSR count). The minimum atomic E-state index is 0.452. The van der Waals surface area contributed by atoms with E-state index in [1.165, 1.54) is 33.1 Å². The second kappa shape index (κ2) is 7.24. The molecule has 0 saturated heterocycles. The molecular formula is C25H24N2. The van der Waals surface area contributed by atoms with E-state index in [4.69, 9.17) is 0 Å². The maximum absolute atomic E-state index is 4.51. The van der Waals surface area contributed by atoms with Crippen LogP contribution in [0.15, 0.2) is 89.1 Å². The SMILES string of the molecule is CC1=CC(C)=C(c2ccccc2/C=N/Nc2ccc3ccccc3c2)C1C. The molecule has 134 valence electrons. The van der Waals surface area contributed by atoms with Gasteiger partial charge in [0.15, 0.2) is 0 Å². The highest BCUT2D eigenvalue weighted by atomic mass is 15.3. The van der Waals surface area contributed by atoms with Crippen LogP contribution in [0.4, 0.5) is 5.69 Å². The quantitative estimate of drug-likeness (QED) is 0.412. The summed E-state index contributed by atoms with van der Waals surface area (Å²) in [6.07, 6.45) is 4.21. The van der Waals surface area contributed by atoms with Crippen molar-refractivity contribution >= 4 is 28.2 Å². The number of rotatable bonds is 4. The number of anilines is 1. The number of fused-ring (bicyclic) bond motifs is 1. The summed E-state index contributed by atoms with van der Waals surface area (Å²) < 4.78 is 0. The van der Waals surface area contributed by atoms with Gasteiger partial charge in [0.2, 0.25) is 0 Å². The second-order valence-electron chi connectivity index (χ2n) is 7.23. The van der Waals surface area contributed by atoms with E-state index in [0.717, 1.165) is 11.3 Å².